The third kappa shape index (κ3) is 5.53. The van der Waals surface area contributed by atoms with Crippen molar-refractivity contribution in [1.82, 2.24) is 25.2 Å². The number of benzene rings is 2. The van der Waals surface area contributed by atoms with Crippen LogP contribution in [0.5, 0.6) is 0 Å². The van der Waals surface area contributed by atoms with Crippen LogP contribution in [0.4, 0.5) is 28.8 Å². The molecule has 0 saturated carbocycles. The molecule has 0 radical (unpaired) electrons. The Morgan fingerprint density at radius 2 is 1.74 bits per heavy atom. The van der Waals surface area contributed by atoms with Crippen molar-refractivity contribution in [1.29, 1.82) is 0 Å². The molecule has 2 aromatic heterocycles. The number of nitrogens with zero attached hydrogens (tertiary/aromatic N) is 5. The second kappa shape index (κ2) is 10.2. The lowest BCUT2D eigenvalue weighted by atomic mass is 10.2. The van der Waals surface area contributed by atoms with Crippen LogP contribution in [-0.2, 0) is 16.6 Å². The number of hydrogen-bond donors (Lipinski definition) is 4. The van der Waals surface area contributed by atoms with Crippen LogP contribution in [0, 0.1) is 6.92 Å². The summed E-state index contributed by atoms with van der Waals surface area (Å²) >= 11 is 0. The molecule has 4 rings (SSSR count). The summed E-state index contributed by atoms with van der Waals surface area (Å²) in [5.74, 6) is 0.202. The molecule has 2 aromatic carbocycles. The minimum Gasteiger partial charge on any atom is -0.329 e. The molecule has 0 spiro atoms. The summed E-state index contributed by atoms with van der Waals surface area (Å²) in [6, 6.07) is 15.0. The van der Waals surface area contributed by atoms with Gasteiger partial charge in [0.15, 0.2) is 0 Å². The highest BCUT2D eigenvalue weighted by molar-refractivity contribution is 5.93. The number of hydrogen-bond acceptors (Lipinski definition) is 8. The van der Waals surface area contributed by atoms with Crippen molar-refractivity contribution < 1.29 is 14.8 Å². The molecule has 0 saturated heterocycles. The molecule has 11 heteroatoms. The molecule has 35 heavy (non-hydrogen) atoms. The van der Waals surface area contributed by atoms with Crippen molar-refractivity contribution in [2.45, 2.75) is 19.8 Å². The van der Waals surface area contributed by atoms with Crippen molar-refractivity contribution in [3.8, 4) is 0 Å². The summed E-state index contributed by atoms with van der Waals surface area (Å²) in [6.45, 7) is 2.04. The normalized spacial score (nSPS) is 10.7. The number of nitrogens with one attached hydrogen (secondary N) is 3. The van der Waals surface area contributed by atoms with Crippen molar-refractivity contribution in [3.05, 3.63) is 60.4 Å². The van der Waals surface area contributed by atoms with Gasteiger partial charge in [0.05, 0.1) is 5.52 Å². The number of aromatic nitrogens is 4. The highest BCUT2D eigenvalue weighted by Gasteiger charge is 2.11. The average molecular weight is 475 g/mol. The van der Waals surface area contributed by atoms with Crippen LogP contribution in [0.1, 0.15) is 18.5 Å². The van der Waals surface area contributed by atoms with E-state index in [1.54, 1.807) is 30.5 Å². The lowest BCUT2D eigenvalue weighted by Crippen LogP contribution is -2.21. The molecular weight excluding hydrogens is 448 g/mol. The highest BCUT2D eigenvalue weighted by Crippen LogP contribution is 2.27. The van der Waals surface area contributed by atoms with Crippen LogP contribution in [0.25, 0.3) is 10.9 Å². The predicted molar refractivity (Wildman–Crippen MR) is 133 cm³/mol. The zero-order valence-corrected chi connectivity index (χ0v) is 19.6. The van der Waals surface area contributed by atoms with Gasteiger partial charge in [0.25, 0.3) is 0 Å². The van der Waals surface area contributed by atoms with Crippen LogP contribution >= 0.6 is 0 Å². The van der Waals surface area contributed by atoms with Crippen LogP contribution in [0.15, 0.2) is 54.7 Å². The van der Waals surface area contributed by atoms with Crippen LogP contribution in [0.2, 0.25) is 0 Å². The lowest BCUT2D eigenvalue weighted by molar-refractivity contribution is -0.131. The second-order valence-electron chi connectivity index (χ2n) is 7.99. The smallest absolute Gasteiger partial charge is 0.243 e. The van der Waals surface area contributed by atoms with Gasteiger partial charge in [0.2, 0.25) is 17.8 Å². The third-order valence-corrected chi connectivity index (χ3v) is 5.61. The molecule has 0 atom stereocenters. The van der Waals surface area contributed by atoms with E-state index in [-0.39, 0.29) is 18.7 Å². The number of anilines is 5. The van der Waals surface area contributed by atoms with Gasteiger partial charge in [-0.25, -0.2) is 10.5 Å². The number of carbonyl (C=O) groups excluding carboxylic acids is 2. The molecular formula is C24H26N8O3. The zero-order chi connectivity index (χ0) is 24.9. The van der Waals surface area contributed by atoms with E-state index in [1.165, 1.54) is 5.48 Å². The van der Waals surface area contributed by atoms with Gasteiger partial charge in [-0.2, -0.15) is 10.1 Å². The molecule has 4 N–H and O–H groups in total. The maximum absolute atomic E-state index is 11.9. The second-order valence-corrected chi connectivity index (χ2v) is 7.99. The minimum absolute atomic E-state index is 0.0343. The van der Waals surface area contributed by atoms with Gasteiger partial charge >= 0.3 is 0 Å². The van der Waals surface area contributed by atoms with Gasteiger partial charge in [-0.3, -0.25) is 19.5 Å². The van der Waals surface area contributed by atoms with Crippen molar-refractivity contribution in [2.75, 3.05) is 22.6 Å². The Balaban J connectivity index is 1.42. The molecule has 2 amide bonds. The van der Waals surface area contributed by atoms with Gasteiger partial charge in [-0.05, 0) is 55.5 Å². The monoisotopic (exact) mass is 474 g/mol. The molecule has 180 valence electrons. The first kappa shape index (κ1) is 23.6. The maximum atomic E-state index is 11.9. The number of rotatable bonds is 8. The van der Waals surface area contributed by atoms with Gasteiger partial charge in [-0.1, -0.05) is 0 Å². The van der Waals surface area contributed by atoms with E-state index < -0.39 is 5.91 Å². The number of fused-ring (bicyclic) bond motifs is 1. The standard InChI is InChI=1S/C24H26N8O3/c1-15-19-9-8-18(14-20(19)29-32(15)3)31(2)21-12-13-25-24(28-21)27-17-6-4-16(5-7-17)26-22(33)10-11-23(34)30-35/h4-9,12-14,35H,10-11H2,1-3H3,(H,26,33)(H,30,34)(H,25,27,28). The van der Waals surface area contributed by atoms with E-state index in [0.29, 0.717) is 17.5 Å². The SMILES string of the molecule is Cc1c2ccc(N(C)c3ccnc(Nc4ccc(NC(=O)CCC(=O)NO)cc4)n3)cc2nn1C. The topological polar surface area (TPSA) is 137 Å². The van der Waals surface area contributed by atoms with Crippen molar-refractivity contribution in [3.63, 3.8) is 0 Å². The van der Waals surface area contributed by atoms with Crippen LogP contribution in [-0.4, -0.2) is 43.8 Å². The Hall–Kier alpha value is -4.51. The van der Waals surface area contributed by atoms with Gasteiger partial charge < -0.3 is 15.5 Å². The quantitative estimate of drug-likeness (QED) is 0.225. The Morgan fingerprint density at radius 3 is 2.49 bits per heavy atom. The van der Waals surface area contributed by atoms with E-state index >= 15 is 0 Å². The summed E-state index contributed by atoms with van der Waals surface area (Å²) in [6.07, 6.45) is 1.55. The van der Waals surface area contributed by atoms with E-state index in [9.17, 15) is 9.59 Å². The molecule has 11 nitrogen and oxygen atoms in total. The number of amides is 2. The maximum Gasteiger partial charge on any atom is 0.243 e. The Morgan fingerprint density at radius 1 is 1.03 bits per heavy atom. The minimum atomic E-state index is -0.611. The van der Waals surface area contributed by atoms with E-state index in [2.05, 4.69) is 31.8 Å². The van der Waals surface area contributed by atoms with Crippen molar-refractivity contribution in [2.24, 2.45) is 7.05 Å². The van der Waals surface area contributed by atoms with Gasteiger partial charge in [-0.15, -0.1) is 0 Å². The lowest BCUT2D eigenvalue weighted by Gasteiger charge is -2.19. The van der Waals surface area contributed by atoms with Crippen LogP contribution in [0.3, 0.4) is 0 Å². The molecule has 0 fully saturated rings. The first-order chi connectivity index (χ1) is 16.8. The summed E-state index contributed by atoms with van der Waals surface area (Å²) < 4.78 is 1.87. The first-order valence-corrected chi connectivity index (χ1v) is 10.9. The third-order valence-electron chi connectivity index (χ3n) is 5.61. The summed E-state index contributed by atoms with van der Waals surface area (Å²) in [4.78, 5) is 33.8. The number of carbonyl (C=O) groups is 2. The number of aryl methyl sites for hydroxylation is 2. The Kier molecular flexibility index (Phi) is 6.88. The molecule has 4 aromatic rings. The van der Waals surface area contributed by atoms with Crippen molar-refractivity contribution >= 4 is 51.5 Å². The molecule has 0 bridgehead atoms. The van der Waals surface area contributed by atoms with E-state index in [1.807, 2.05) is 48.8 Å². The Bertz CT molecular complexity index is 1370. The van der Waals surface area contributed by atoms with Crippen LogP contribution < -0.4 is 21.0 Å². The predicted octanol–water partition coefficient (Wildman–Crippen LogP) is 3.41. The molecule has 0 aliphatic carbocycles. The summed E-state index contributed by atoms with van der Waals surface area (Å²) in [5.41, 5.74) is 5.82. The van der Waals surface area contributed by atoms with E-state index in [4.69, 9.17) is 5.21 Å². The van der Waals surface area contributed by atoms with E-state index in [0.717, 1.165) is 28.0 Å². The first-order valence-electron chi connectivity index (χ1n) is 10.9. The largest absolute Gasteiger partial charge is 0.329 e. The zero-order valence-electron chi connectivity index (χ0n) is 19.6. The fourth-order valence-corrected chi connectivity index (χ4v) is 3.53. The Labute approximate surface area is 201 Å². The molecule has 0 aliphatic rings. The average Bonchev–Trinajstić information content (AvgIpc) is 3.16. The van der Waals surface area contributed by atoms with Gasteiger partial charge in [0.1, 0.15) is 5.82 Å². The molecule has 2 heterocycles. The molecule has 0 unspecified atom stereocenters. The fraction of sp³-hybridized carbons (Fsp3) is 0.208. The summed E-state index contributed by atoms with van der Waals surface area (Å²) in [7, 11) is 3.87. The highest BCUT2D eigenvalue weighted by atomic mass is 16.5. The molecule has 0 aliphatic heterocycles. The van der Waals surface area contributed by atoms with Gasteiger partial charge in [0, 0.05) is 61.3 Å². The fourth-order valence-electron chi connectivity index (χ4n) is 3.53. The number of hydroxylamine groups is 1. The summed E-state index contributed by atoms with van der Waals surface area (Å²) in [5, 5.41) is 20.0.